The van der Waals surface area contributed by atoms with Gasteiger partial charge in [0, 0.05) is 12.3 Å². The van der Waals surface area contributed by atoms with Crippen LogP contribution in [0.25, 0.3) is 0 Å². The predicted octanol–water partition coefficient (Wildman–Crippen LogP) is 18.4. The van der Waals surface area contributed by atoms with E-state index in [1.807, 2.05) is 0 Å². The molecule has 0 heterocycles. The smallest absolute Gasteiger partial charge is 0.138 e. The molecule has 2 nitrogen and oxygen atoms in total. The first kappa shape index (κ1) is 55.1. The van der Waals surface area contributed by atoms with Gasteiger partial charge >= 0.3 is 0 Å². The number of aliphatic hydroxyl groups is 1. The number of unbranched alkanes of at least 4 members (excludes halogenated alkanes) is 25. The Morgan fingerprint density at radius 2 is 0.632 bits per heavy atom. The normalized spacial score (nSPS) is 13.6. The van der Waals surface area contributed by atoms with E-state index >= 15 is 0 Å². The van der Waals surface area contributed by atoms with Crippen LogP contribution in [-0.4, -0.2) is 17.0 Å². The van der Waals surface area contributed by atoms with Crippen molar-refractivity contribution >= 4 is 5.78 Å². The predicted molar refractivity (Wildman–Crippen MR) is 257 cm³/mol. The zero-order valence-corrected chi connectivity index (χ0v) is 38.6. The minimum absolute atomic E-state index is 0.160. The summed E-state index contributed by atoms with van der Waals surface area (Å²) >= 11 is 0. The van der Waals surface area contributed by atoms with Crippen molar-refractivity contribution in [2.45, 2.75) is 264 Å². The van der Waals surface area contributed by atoms with Crippen LogP contribution in [0.15, 0.2) is 72.9 Å². The molecule has 1 N–H and O–H groups in total. The third kappa shape index (κ3) is 43.5. The minimum Gasteiger partial charge on any atom is -0.392 e. The van der Waals surface area contributed by atoms with Gasteiger partial charge in [0.25, 0.3) is 0 Å². The van der Waals surface area contributed by atoms with Crippen molar-refractivity contribution < 1.29 is 9.90 Å². The van der Waals surface area contributed by atoms with Crippen molar-refractivity contribution in [2.24, 2.45) is 5.92 Å². The van der Waals surface area contributed by atoms with Gasteiger partial charge in [0.05, 0.1) is 6.10 Å². The molecular formula is C55H98O2. The Bertz CT molecular complexity index is 980. The lowest BCUT2D eigenvalue weighted by atomic mass is 9.86. The van der Waals surface area contributed by atoms with E-state index in [2.05, 4.69) is 93.7 Å². The summed E-state index contributed by atoms with van der Waals surface area (Å²) in [4.78, 5) is 13.5. The Kier molecular flexibility index (Phi) is 46.8. The third-order valence-corrected chi connectivity index (χ3v) is 11.4. The molecule has 0 aliphatic carbocycles. The molecule has 57 heavy (non-hydrogen) atoms. The number of Topliss-reactive ketones (excluding diaryl/α,β-unsaturated/α-hetero) is 1. The van der Waals surface area contributed by atoms with Crippen molar-refractivity contribution in [1.29, 1.82) is 0 Å². The van der Waals surface area contributed by atoms with Crippen molar-refractivity contribution in [3.63, 3.8) is 0 Å². The Morgan fingerprint density at radius 1 is 0.351 bits per heavy atom. The molecular weight excluding hydrogens is 693 g/mol. The fraction of sp³-hybridized carbons (Fsp3) is 0.764. The van der Waals surface area contributed by atoms with E-state index in [0.717, 1.165) is 64.2 Å². The maximum absolute atomic E-state index is 13.5. The highest BCUT2D eigenvalue weighted by molar-refractivity contribution is 5.81. The topological polar surface area (TPSA) is 37.3 Å². The molecule has 0 fully saturated rings. The second-order valence-corrected chi connectivity index (χ2v) is 17.0. The summed E-state index contributed by atoms with van der Waals surface area (Å²) in [6, 6.07) is 0. The quantitative estimate of drug-likeness (QED) is 0.0493. The van der Waals surface area contributed by atoms with Gasteiger partial charge in [-0.1, -0.05) is 209 Å². The van der Waals surface area contributed by atoms with Gasteiger partial charge in [-0.25, -0.2) is 0 Å². The van der Waals surface area contributed by atoms with E-state index in [0.29, 0.717) is 12.2 Å². The van der Waals surface area contributed by atoms with Crippen LogP contribution in [-0.2, 0) is 4.79 Å². The number of aliphatic hydroxyl groups excluding tert-OH is 1. The highest BCUT2D eigenvalue weighted by atomic mass is 16.3. The summed E-state index contributed by atoms with van der Waals surface area (Å²) in [6.45, 7) is 6.78. The fourth-order valence-corrected chi connectivity index (χ4v) is 7.58. The zero-order chi connectivity index (χ0) is 41.4. The van der Waals surface area contributed by atoms with Gasteiger partial charge in [-0.3, -0.25) is 4.79 Å². The Labute approximate surface area is 357 Å². The van der Waals surface area contributed by atoms with Gasteiger partial charge < -0.3 is 5.11 Å². The summed E-state index contributed by atoms with van der Waals surface area (Å²) in [5, 5.41) is 11.3. The van der Waals surface area contributed by atoms with Crippen molar-refractivity contribution in [1.82, 2.24) is 0 Å². The number of carbonyl (C=O) groups is 1. The number of rotatable bonds is 45. The van der Waals surface area contributed by atoms with E-state index in [1.165, 1.54) is 167 Å². The summed E-state index contributed by atoms with van der Waals surface area (Å²) in [7, 11) is 0. The summed E-state index contributed by atoms with van der Waals surface area (Å²) in [5.41, 5.74) is 0. The van der Waals surface area contributed by atoms with Crippen LogP contribution in [0.4, 0.5) is 0 Å². The van der Waals surface area contributed by atoms with Crippen LogP contribution < -0.4 is 0 Å². The van der Waals surface area contributed by atoms with Crippen molar-refractivity contribution in [3.05, 3.63) is 72.9 Å². The molecule has 0 saturated heterocycles. The molecule has 0 saturated carbocycles. The Hall–Kier alpha value is -1.93. The maximum atomic E-state index is 13.5. The molecule has 0 radical (unpaired) electrons. The highest BCUT2D eigenvalue weighted by Gasteiger charge is 2.25. The van der Waals surface area contributed by atoms with Crippen LogP contribution in [0.1, 0.15) is 258 Å². The van der Waals surface area contributed by atoms with Crippen LogP contribution in [0.2, 0.25) is 0 Å². The SMILES string of the molecule is CCCCC/C=C\C/C=C\CCCCCCCCC(=O)C(CCCCCCC/C=C\C/C=C\CCCCC)C(O)CCCCCCC/C=C\C/C=C\CCCCC. The lowest BCUT2D eigenvalue weighted by Crippen LogP contribution is -2.28. The molecule has 0 rings (SSSR count). The standard InChI is InChI=1S/C55H98O2/c1-4-7-10-13-16-19-22-25-28-31-34-37-40-43-46-49-52-55(57)53(50-47-44-41-38-35-32-29-26-23-20-17-14-11-8-5-2)54(56)51-48-45-42-39-36-33-30-27-24-21-18-15-12-9-6-3/h16-21,25-30,53-54,56H,4-15,22-24,31-52H2,1-3H3/b19-16-,20-17-,21-18-,28-25-,29-26-,30-27-. The number of hydrogen-bond acceptors (Lipinski definition) is 2. The van der Waals surface area contributed by atoms with Crippen LogP contribution in [0.3, 0.4) is 0 Å². The second-order valence-electron chi connectivity index (χ2n) is 17.0. The average molecular weight is 791 g/mol. The minimum atomic E-state index is -0.467. The molecule has 0 aromatic rings. The van der Waals surface area contributed by atoms with Crippen molar-refractivity contribution in [2.75, 3.05) is 0 Å². The molecule has 2 heteroatoms. The summed E-state index contributed by atoms with van der Waals surface area (Å²) < 4.78 is 0. The summed E-state index contributed by atoms with van der Waals surface area (Å²) in [6.07, 6.45) is 71.1. The lowest BCUT2D eigenvalue weighted by molar-refractivity contribution is -0.127. The van der Waals surface area contributed by atoms with Gasteiger partial charge in [-0.15, -0.1) is 0 Å². The maximum Gasteiger partial charge on any atom is 0.138 e. The van der Waals surface area contributed by atoms with Gasteiger partial charge in [0.1, 0.15) is 5.78 Å². The molecule has 0 bridgehead atoms. The van der Waals surface area contributed by atoms with E-state index in [1.54, 1.807) is 0 Å². The molecule has 0 aromatic carbocycles. The molecule has 0 aliphatic heterocycles. The number of carbonyl (C=O) groups excluding carboxylic acids is 1. The van der Waals surface area contributed by atoms with Crippen LogP contribution >= 0.6 is 0 Å². The third-order valence-electron chi connectivity index (χ3n) is 11.4. The van der Waals surface area contributed by atoms with Gasteiger partial charge in [0.15, 0.2) is 0 Å². The first-order valence-corrected chi connectivity index (χ1v) is 25.3. The van der Waals surface area contributed by atoms with Crippen molar-refractivity contribution in [3.8, 4) is 0 Å². The van der Waals surface area contributed by atoms with Crippen LogP contribution in [0, 0.1) is 5.92 Å². The molecule has 0 aromatic heterocycles. The Morgan fingerprint density at radius 3 is 0.982 bits per heavy atom. The second kappa shape index (κ2) is 48.4. The van der Waals surface area contributed by atoms with E-state index in [-0.39, 0.29) is 5.92 Å². The molecule has 0 amide bonds. The van der Waals surface area contributed by atoms with E-state index < -0.39 is 6.10 Å². The molecule has 0 spiro atoms. The first-order valence-electron chi connectivity index (χ1n) is 25.3. The monoisotopic (exact) mass is 791 g/mol. The molecule has 0 aliphatic rings. The van der Waals surface area contributed by atoms with Crippen LogP contribution in [0.5, 0.6) is 0 Å². The van der Waals surface area contributed by atoms with E-state index in [9.17, 15) is 9.90 Å². The number of ketones is 1. The lowest BCUT2D eigenvalue weighted by Gasteiger charge is -2.22. The van der Waals surface area contributed by atoms with Gasteiger partial charge in [-0.2, -0.15) is 0 Å². The number of allylic oxidation sites excluding steroid dienone is 12. The van der Waals surface area contributed by atoms with E-state index in [4.69, 9.17) is 0 Å². The number of hydrogen-bond donors (Lipinski definition) is 1. The largest absolute Gasteiger partial charge is 0.392 e. The highest BCUT2D eigenvalue weighted by Crippen LogP contribution is 2.24. The molecule has 2 atom stereocenters. The zero-order valence-electron chi connectivity index (χ0n) is 38.6. The molecule has 330 valence electrons. The fourth-order valence-electron chi connectivity index (χ4n) is 7.58. The summed E-state index contributed by atoms with van der Waals surface area (Å²) in [5.74, 6) is 0.172. The average Bonchev–Trinajstić information content (AvgIpc) is 3.21. The molecule has 2 unspecified atom stereocenters. The van der Waals surface area contributed by atoms with Gasteiger partial charge in [0.2, 0.25) is 0 Å². The van der Waals surface area contributed by atoms with Gasteiger partial charge in [-0.05, 0) is 116 Å². The Balaban J connectivity index is 4.39. The first-order chi connectivity index (χ1) is 28.2.